The summed E-state index contributed by atoms with van der Waals surface area (Å²) in [6, 6.07) is 12.9. The first-order chi connectivity index (χ1) is 11.2. The Hall–Kier alpha value is -3.15. The van der Waals surface area contributed by atoms with Crippen LogP contribution in [-0.4, -0.2) is 34.9 Å². The van der Waals surface area contributed by atoms with E-state index in [4.69, 9.17) is 0 Å². The molecule has 0 bridgehead atoms. The van der Waals surface area contributed by atoms with Crippen LogP contribution >= 0.6 is 0 Å². The lowest BCUT2D eigenvalue weighted by Crippen LogP contribution is -2.34. The van der Waals surface area contributed by atoms with Crippen LogP contribution in [0.3, 0.4) is 0 Å². The monoisotopic (exact) mass is 308 g/mol. The number of para-hydroxylation sites is 1. The van der Waals surface area contributed by atoms with E-state index in [9.17, 15) is 9.59 Å². The smallest absolute Gasteiger partial charge is 0.267 e. The van der Waals surface area contributed by atoms with Crippen molar-refractivity contribution in [2.24, 2.45) is 0 Å². The standard InChI is InChI=1S/C17H16N4O2/c22-16(13-5-3-7-18-11-13)19-8-9-20-17(23)15-10-12-4-1-2-6-14(12)21-15/h1-7,10-11,21H,8-9H2,(H,19,22)(H,20,23). The van der Waals surface area contributed by atoms with E-state index < -0.39 is 0 Å². The maximum atomic E-state index is 12.1. The van der Waals surface area contributed by atoms with Gasteiger partial charge in [-0.15, -0.1) is 0 Å². The molecule has 0 aliphatic rings. The van der Waals surface area contributed by atoms with E-state index in [1.54, 1.807) is 24.4 Å². The number of fused-ring (bicyclic) bond motifs is 1. The number of aromatic nitrogens is 2. The minimum absolute atomic E-state index is 0.197. The molecule has 0 aliphatic carbocycles. The molecule has 2 aromatic heterocycles. The fourth-order valence-corrected chi connectivity index (χ4v) is 2.24. The SMILES string of the molecule is O=C(NCCNC(=O)c1cc2ccccc2[nH]1)c1cccnc1. The summed E-state index contributed by atoms with van der Waals surface area (Å²) >= 11 is 0. The Kier molecular flexibility index (Phi) is 4.33. The third-order valence-electron chi connectivity index (χ3n) is 3.39. The second-order valence-electron chi connectivity index (χ2n) is 5.02. The van der Waals surface area contributed by atoms with E-state index in [0.29, 0.717) is 24.3 Å². The molecular weight excluding hydrogens is 292 g/mol. The van der Waals surface area contributed by atoms with Gasteiger partial charge in [-0.2, -0.15) is 0 Å². The Morgan fingerprint density at radius 1 is 1.00 bits per heavy atom. The molecule has 0 spiro atoms. The van der Waals surface area contributed by atoms with Crippen molar-refractivity contribution in [2.45, 2.75) is 0 Å². The molecule has 0 saturated carbocycles. The first kappa shape index (κ1) is 14.8. The van der Waals surface area contributed by atoms with Gasteiger partial charge in [-0.25, -0.2) is 0 Å². The van der Waals surface area contributed by atoms with E-state index in [2.05, 4.69) is 20.6 Å². The molecule has 0 aliphatic heterocycles. The number of pyridine rings is 1. The lowest BCUT2D eigenvalue weighted by Gasteiger charge is -2.06. The van der Waals surface area contributed by atoms with Crippen LogP contribution in [0.25, 0.3) is 10.9 Å². The topological polar surface area (TPSA) is 86.9 Å². The van der Waals surface area contributed by atoms with Crippen LogP contribution in [0.4, 0.5) is 0 Å². The van der Waals surface area contributed by atoms with E-state index in [-0.39, 0.29) is 11.8 Å². The molecule has 3 N–H and O–H groups in total. The van der Waals surface area contributed by atoms with Crippen molar-refractivity contribution in [3.8, 4) is 0 Å². The number of H-pyrrole nitrogens is 1. The number of amides is 2. The second kappa shape index (κ2) is 6.74. The van der Waals surface area contributed by atoms with Gasteiger partial charge < -0.3 is 15.6 Å². The van der Waals surface area contributed by atoms with Crippen LogP contribution in [0.2, 0.25) is 0 Å². The van der Waals surface area contributed by atoms with Crippen LogP contribution in [0.5, 0.6) is 0 Å². The maximum absolute atomic E-state index is 12.1. The van der Waals surface area contributed by atoms with Crippen molar-refractivity contribution in [3.63, 3.8) is 0 Å². The van der Waals surface area contributed by atoms with Crippen molar-refractivity contribution in [3.05, 3.63) is 66.1 Å². The zero-order valence-electron chi connectivity index (χ0n) is 12.4. The van der Waals surface area contributed by atoms with Gasteiger partial charge in [0, 0.05) is 36.4 Å². The molecule has 2 amide bonds. The Balaban J connectivity index is 1.49. The average molecular weight is 308 g/mol. The predicted octanol–water partition coefficient (Wildman–Crippen LogP) is 1.72. The highest BCUT2D eigenvalue weighted by Gasteiger charge is 2.09. The molecule has 23 heavy (non-hydrogen) atoms. The molecule has 0 fully saturated rings. The Morgan fingerprint density at radius 3 is 2.52 bits per heavy atom. The highest BCUT2D eigenvalue weighted by molar-refractivity contribution is 5.98. The number of carbonyl (C=O) groups is 2. The molecule has 0 radical (unpaired) electrons. The number of aromatic amines is 1. The van der Waals surface area contributed by atoms with Gasteiger partial charge in [-0.05, 0) is 24.3 Å². The quantitative estimate of drug-likeness (QED) is 0.627. The largest absolute Gasteiger partial charge is 0.351 e. The van der Waals surface area contributed by atoms with Crippen LogP contribution in [0.1, 0.15) is 20.8 Å². The highest BCUT2D eigenvalue weighted by atomic mass is 16.2. The molecule has 2 heterocycles. The number of nitrogens with one attached hydrogen (secondary N) is 3. The Bertz CT molecular complexity index is 794. The minimum atomic E-state index is -0.210. The van der Waals surface area contributed by atoms with Crippen LogP contribution < -0.4 is 10.6 Å². The summed E-state index contributed by atoms with van der Waals surface area (Å²) in [7, 11) is 0. The summed E-state index contributed by atoms with van der Waals surface area (Å²) in [5, 5.41) is 6.48. The predicted molar refractivity (Wildman–Crippen MR) is 87.2 cm³/mol. The fourth-order valence-electron chi connectivity index (χ4n) is 2.24. The zero-order chi connectivity index (χ0) is 16.1. The third-order valence-corrected chi connectivity index (χ3v) is 3.39. The number of benzene rings is 1. The summed E-state index contributed by atoms with van der Waals surface area (Å²) < 4.78 is 0. The molecule has 0 saturated heterocycles. The number of hydrogen-bond acceptors (Lipinski definition) is 3. The highest BCUT2D eigenvalue weighted by Crippen LogP contribution is 2.14. The van der Waals surface area contributed by atoms with Crippen LogP contribution in [0, 0.1) is 0 Å². The molecule has 3 rings (SSSR count). The Morgan fingerprint density at radius 2 is 1.78 bits per heavy atom. The van der Waals surface area contributed by atoms with E-state index >= 15 is 0 Å². The minimum Gasteiger partial charge on any atom is -0.351 e. The molecule has 3 aromatic rings. The number of hydrogen-bond donors (Lipinski definition) is 3. The normalized spacial score (nSPS) is 10.4. The lowest BCUT2D eigenvalue weighted by molar-refractivity contribution is 0.0925. The van der Waals surface area contributed by atoms with Gasteiger partial charge >= 0.3 is 0 Å². The molecule has 0 unspecified atom stereocenters. The molecule has 1 aromatic carbocycles. The fraction of sp³-hybridized carbons (Fsp3) is 0.118. The summed E-state index contributed by atoms with van der Waals surface area (Å²) in [5.74, 6) is -0.408. The van der Waals surface area contributed by atoms with Gasteiger partial charge in [-0.1, -0.05) is 18.2 Å². The zero-order valence-corrected chi connectivity index (χ0v) is 12.4. The van der Waals surface area contributed by atoms with Crippen LogP contribution in [0.15, 0.2) is 54.9 Å². The van der Waals surface area contributed by atoms with Crippen molar-refractivity contribution < 1.29 is 9.59 Å². The van der Waals surface area contributed by atoms with Gasteiger partial charge in [0.2, 0.25) is 0 Å². The van der Waals surface area contributed by atoms with Crippen molar-refractivity contribution >= 4 is 22.7 Å². The lowest BCUT2D eigenvalue weighted by atomic mass is 10.2. The molecule has 116 valence electrons. The maximum Gasteiger partial charge on any atom is 0.267 e. The molecule has 0 atom stereocenters. The van der Waals surface area contributed by atoms with Gasteiger partial charge in [0.25, 0.3) is 11.8 Å². The van der Waals surface area contributed by atoms with E-state index in [1.807, 2.05) is 24.3 Å². The summed E-state index contributed by atoms with van der Waals surface area (Å²) in [4.78, 5) is 30.8. The number of nitrogens with zero attached hydrogens (tertiary/aromatic N) is 1. The van der Waals surface area contributed by atoms with E-state index in [1.165, 1.54) is 6.20 Å². The summed E-state index contributed by atoms with van der Waals surface area (Å²) in [5.41, 5.74) is 1.92. The average Bonchev–Trinajstić information content (AvgIpc) is 3.03. The second-order valence-corrected chi connectivity index (χ2v) is 5.02. The van der Waals surface area contributed by atoms with Crippen molar-refractivity contribution in [1.82, 2.24) is 20.6 Å². The summed E-state index contributed by atoms with van der Waals surface area (Å²) in [6.07, 6.45) is 3.11. The molecule has 6 nitrogen and oxygen atoms in total. The van der Waals surface area contributed by atoms with E-state index in [0.717, 1.165) is 10.9 Å². The first-order valence-corrected chi connectivity index (χ1v) is 7.28. The van der Waals surface area contributed by atoms with Gasteiger partial charge in [0.05, 0.1) is 5.56 Å². The van der Waals surface area contributed by atoms with Gasteiger partial charge in [0.15, 0.2) is 0 Å². The third kappa shape index (κ3) is 3.55. The van der Waals surface area contributed by atoms with Gasteiger partial charge in [0.1, 0.15) is 5.69 Å². The van der Waals surface area contributed by atoms with Crippen molar-refractivity contribution in [1.29, 1.82) is 0 Å². The van der Waals surface area contributed by atoms with Crippen molar-refractivity contribution in [2.75, 3.05) is 13.1 Å². The summed E-state index contributed by atoms with van der Waals surface area (Å²) in [6.45, 7) is 0.694. The first-order valence-electron chi connectivity index (χ1n) is 7.28. The van der Waals surface area contributed by atoms with Gasteiger partial charge in [-0.3, -0.25) is 14.6 Å². The van der Waals surface area contributed by atoms with Crippen LogP contribution in [-0.2, 0) is 0 Å². The molecule has 6 heteroatoms. The number of carbonyl (C=O) groups excluding carboxylic acids is 2. The number of rotatable bonds is 5. The Labute approximate surface area is 132 Å². The molecular formula is C17H16N4O2.